The molecule has 0 saturated carbocycles. The van der Waals surface area contributed by atoms with Crippen molar-refractivity contribution in [2.75, 3.05) is 26.2 Å². The first kappa shape index (κ1) is 17.0. The van der Waals surface area contributed by atoms with Gasteiger partial charge in [-0.2, -0.15) is 0 Å². The van der Waals surface area contributed by atoms with Crippen LogP contribution in [0.4, 0.5) is 0 Å². The lowest BCUT2D eigenvalue weighted by Gasteiger charge is -2.33. The van der Waals surface area contributed by atoms with Gasteiger partial charge in [0.2, 0.25) is 0 Å². The highest BCUT2D eigenvalue weighted by Crippen LogP contribution is 2.31. The molecule has 0 amide bonds. The molecule has 2 atom stereocenters. The van der Waals surface area contributed by atoms with E-state index >= 15 is 0 Å². The molecule has 1 aliphatic rings. The van der Waals surface area contributed by atoms with Crippen molar-refractivity contribution in [2.45, 2.75) is 38.4 Å². The zero-order valence-electron chi connectivity index (χ0n) is 12.4. The van der Waals surface area contributed by atoms with Crippen LogP contribution in [-0.2, 0) is 4.74 Å². The topological polar surface area (TPSA) is 32.7 Å². The first-order valence-electron chi connectivity index (χ1n) is 7.57. The minimum atomic E-state index is -0.580. The molecule has 1 aliphatic heterocycles. The maximum Gasteiger partial charge on any atom is 0.0817 e. The molecule has 2 unspecified atom stereocenters. The van der Waals surface area contributed by atoms with Crippen molar-refractivity contribution in [3.63, 3.8) is 0 Å². The Morgan fingerprint density at radius 2 is 2.24 bits per heavy atom. The summed E-state index contributed by atoms with van der Waals surface area (Å²) in [7, 11) is 0. The number of nitrogens with zero attached hydrogens (tertiary/aromatic N) is 1. The number of hydrogen-bond acceptors (Lipinski definition) is 3. The zero-order valence-corrected chi connectivity index (χ0v) is 13.9. The standard InChI is InChI=1S/C16H23Cl2NO2/c1-2-21-12-5-4-9-19(11-12)10-8-15(20)13-6-3-7-14(17)16(13)18/h3,6-7,12,15,20H,2,4-5,8-11H2,1H3. The molecule has 1 saturated heterocycles. The third-order valence-corrected chi connectivity index (χ3v) is 4.76. The van der Waals surface area contributed by atoms with Crippen molar-refractivity contribution in [1.82, 2.24) is 4.90 Å². The highest BCUT2D eigenvalue weighted by atomic mass is 35.5. The highest BCUT2D eigenvalue weighted by Gasteiger charge is 2.21. The number of halogens is 2. The van der Waals surface area contributed by atoms with Crippen molar-refractivity contribution in [1.29, 1.82) is 0 Å². The SMILES string of the molecule is CCOC1CCCN(CCC(O)c2cccc(Cl)c2Cl)C1. The summed E-state index contributed by atoms with van der Waals surface area (Å²) in [6.07, 6.45) is 2.68. The highest BCUT2D eigenvalue weighted by molar-refractivity contribution is 6.42. The number of aliphatic hydroxyl groups excluding tert-OH is 1. The molecule has 2 rings (SSSR count). The number of aliphatic hydroxyl groups is 1. The molecule has 1 aromatic carbocycles. The number of ether oxygens (including phenoxy) is 1. The molecule has 1 N–H and O–H groups in total. The largest absolute Gasteiger partial charge is 0.388 e. The summed E-state index contributed by atoms with van der Waals surface area (Å²) >= 11 is 12.1. The van der Waals surface area contributed by atoms with E-state index in [9.17, 15) is 5.11 Å². The van der Waals surface area contributed by atoms with Crippen LogP contribution in [-0.4, -0.2) is 42.4 Å². The molecule has 3 nitrogen and oxygen atoms in total. The van der Waals surface area contributed by atoms with Crippen LogP contribution < -0.4 is 0 Å². The van der Waals surface area contributed by atoms with E-state index in [1.807, 2.05) is 19.1 Å². The van der Waals surface area contributed by atoms with Crippen molar-refractivity contribution in [3.8, 4) is 0 Å². The molecule has 21 heavy (non-hydrogen) atoms. The lowest BCUT2D eigenvalue weighted by Crippen LogP contribution is -2.40. The van der Waals surface area contributed by atoms with E-state index in [1.54, 1.807) is 6.07 Å². The number of piperidine rings is 1. The molecule has 0 aliphatic carbocycles. The fourth-order valence-electron chi connectivity index (χ4n) is 2.83. The molecule has 1 fully saturated rings. The van der Waals surface area contributed by atoms with E-state index < -0.39 is 6.10 Å². The quantitative estimate of drug-likeness (QED) is 0.857. The third-order valence-electron chi connectivity index (χ3n) is 3.92. The van der Waals surface area contributed by atoms with Gasteiger partial charge in [-0.05, 0) is 38.8 Å². The summed E-state index contributed by atoms with van der Waals surface area (Å²) in [5.41, 5.74) is 0.711. The van der Waals surface area contributed by atoms with Gasteiger partial charge in [0.05, 0.1) is 22.3 Å². The minimum absolute atomic E-state index is 0.329. The van der Waals surface area contributed by atoms with Gasteiger partial charge in [0.15, 0.2) is 0 Å². The predicted octanol–water partition coefficient (Wildman–Crippen LogP) is 3.92. The summed E-state index contributed by atoms with van der Waals surface area (Å²) in [4.78, 5) is 2.35. The van der Waals surface area contributed by atoms with Crippen LogP contribution in [0.1, 0.15) is 37.9 Å². The summed E-state index contributed by atoms with van der Waals surface area (Å²) in [6.45, 7) is 5.65. The molecule has 0 bridgehead atoms. The van der Waals surface area contributed by atoms with Crippen LogP contribution in [0.15, 0.2) is 18.2 Å². The molecule has 0 aromatic heterocycles. The second-order valence-electron chi connectivity index (χ2n) is 5.47. The van der Waals surface area contributed by atoms with Crippen molar-refractivity contribution in [3.05, 3.63) is 33.8 Å². The lowest BCUT2D eigenvalue weighted by molar-refractivity contribution is 0.00212. The van der Waals surface area contributed by atoms with E-state index in [-0.39, 0.29) is 0 Å². The average molecular weight is 332 g/mol. The minimum Gasteiger partial charge on any atom is -0.388 e. The van der Waals surface area contributed by atoms with Crippen LogP contribution in [0.5, 0.6) is 0 Å². The molecular formula is C16H23Cl2NO2. The summed E-state index contributed by atoms with van der Waals surface area (Å²) in [5, 5.41) is 11.3. The molecular weight excluding hydrogens is 309 g/mol. The van der Waals surface area contributed by atoms with E-state index in [0.29, 0.717) is 28.1 Å². The second kappa shape index (κ2) is 8.35. The first-order chi connectivity index (χ1) is 10.1. The predicted molar refractivity (Wildman–Crippen MR) is 87.1 cm³/mol. The Labute approximate surface area is 136 Å². The molecule has 0 spiro atoms. The van der Waals surface area contributed by atoms with Gasteiger partial charge in [0, 0.05) is 25.3 Å². The van der Waals surface area contributed by atoms with Crippen molar-refractivity contribution >= 4 is 23.2 Å². The van der Waals surface area contributed by atoms with Gasteiger partial charge in [-0.25, -0.2) is 0 Å². The van der Waals surface area contributed by atoms with E-state index in [2.05, 4.69) is 4.90 Å². The Balaban J connectivity index is 1.86. The normalized spacial score (nSPS) is 21.4. The van der Waals surface area contributed by atoms with Gasteiger partial charge in [0.25, 0.3) is 0 Å². The number of likely N-dealkylation sites (tertiary alicyclic amines) is 1. The van der Waals surface area contributed by atoms with E-state index in [1.165, 1.54) is 0 Å². The summed E-state index contributed by atoms with van der Waals surface area (Å²) < 4.78 is 5.70. The molecule has 1 heterocycles. The fourth-order valence-corrected chi connectivity index (χ4v) is 3.26. The van der Waals surface area contributed by atoms with Gasteiger partial charge in [-0.1, -0.05) is 35.3 Å². The number of benzene rings is 1. The van der Waals surface area contributed by atoms with Crippen LogP contribution in [0.25, 0.3) is 0 Å². The number of hydrogen-bond donors (Lipinski definition) is 1. The second-order valence-corrected chi connectivity index (χ2v) is 6.25. The van der Waals surface area contributed by atoms with Crippen LogP contribution in [0.3, 0.4) is 0 Å². The first-order valence-corrected chi connectivity index (χ1v) is 8.33. The maximum absolute atomic E-state index is 10.3. The monoisotopic (exact) mass is 331 g/mol. The average Bonchev–Trinajstić information content (AvgIpc) is 2.48. The smallest absolute Gasteiger partial charge is 0.0817 e. The van der Waals surface area contributed by atoms with E-state index in [0.717, 1.165) is 39.1 Å². The zero-order chi connectivity index (χ0) is 15.2. The Kier molecular flexibility index (Phi) is 6.77. The molecule has 1 aromatic rings. The summed E-state index contributed by atoms with van der Waals surface area (Å²) in [6, 6.07) is 5.38. The van der Waals surface area contributed by atoms with Gasteiger partial charge in [0.1, 0.15) is 0 Å². The van der Waals surface area contributed by atoms with Crippen LogP contribution in [0, 0.1) is 0 Å². The Hall–Kier alpha value is -0.320. The molecule has 5 heteroatoms. The van der Waals surface area contributed by atoms with E-state index in [4.69, 9.17) is 27.9 Å². The van der Waals surface area contributed by atoms with Crippen molar-refractivity contribution in [2.24, 2.45) is 0 Å². The van der Waals surface area contributed by atoms with Crippen LogP contribution >= 0.6 is 23.2 Å². The molecule has 118 valence electrons. The van der Waals surface area contributed by atoms with Gasteiger partial charge in [-0.15, -0.1) is 0 Å². The van der Waals surface area contributed by atoms with Gasteiger partial charge < -0.3 is 14.7 Å². The molecule has 0 radical (unpaired) electrons. The fraction of sp³-hybridized carbons (Fsp3) is 0.625. The maximum atomic E-state index is 10.3. The van der Waals surface area contributed by atoms with Crippen LogP contribution in [0.2, 0.25) is 10.0 Å². The van der Waals surface area contributed by atoms with Gasteiger partial charge >= 0.3 is 0 Å². The Morgan fingerprint density at radius 1 is 1.43 bits per heavy atom. The summed E-state index contributed by atoms with van der Waals surface area (Å²) in [5.74, 6) is 0. The Bertz CT molecular complexity index is 454. The number of rotatable bonds is 6. The lowest BCUT2D eigenvalue weighted by atomic mass is 10.0. The third kappa shape index (κ3) is 4.83. The van der Waals surface area contributed by atoms with Crippen molar-refractivity contribution < 1.29 is 9.84 Å². The Morgan fingerprint density at radius 3 is 3.00 bits per heavy atom. The van der Waals surface area contributed by atoms with Gasteiger partial charge in [-0.3, -0.25) is 0 Å².